The summed E-state index contributed by atoms with van der Waals surface area (Å²) in [5, 5.41) is 0. The summed E-state index contributed by atoms with van der Waals surface area (Å²) in [6.45, 7) is 1.82. The number of hydrogen-bond acceptors (Lipinski definition) is 3. The highest BCUT2D eigenvalue weighted by Crippen LogP contribution is 2.16. The van der Waals surface area contributed by atoms with E-state index in [9.17, 15) is 9.18 Å². The van der Waals surface area contributed by atoms with E-state index in [0.29, 0.717) is 5.56 Å². The molecule has 0 amide bonds. The Morgan fingerprint density at radius 3 is 2.56 bits per heavy atom. The minimum atomic E-state index is -0.316. The zero-order valence-electron chi connectivity index (χ0n) is 9.98. The number of nitrogen functional groups attached to an aromatic ring is 1. The van der Waals surface area contributed by atoms with Crippen molar-refractivity contribution in [2.45, 2.75) is 13.3 Å². The van der Waals surface area contributed by atoms with E-state index in [1.54, 1.807) is 24.4 Å². The van der Waals surface area contributed by atoms with Gasteiger partial charge >= 0.3 is 0 Å². The maximum Gasteiger partial charge on any atom is 0.171 e. The van der Waals surface area contributed by atoms with Crippen LogP contribution in [-0.2, 0) is 6.42 Å². The van der Waals surface area contributed by atoms with Crippen LogP contribution in [-0.4, -0.2) is 10.8 Å². The number of aryl methyl sites for hydroxylation is 1. The van der Waals surface area contributed by atoms with Crippen molar-refractivity contribution in [2.75, 3.05) is 5.73 Å². The molecule has 1 aromatic carbocycles. The quantitative estimate of drug-likeness (QED) is 0.844. The topological polar surface area (TPSA) is 56.0 Å². The first kappa shape index (κ1) is 12.2. The van der Waals surface area contributed by atoms with Crippen molar-refractivity contribution in [3.8, 4) is 0 Å². The number of anilines is 1. The number of ketones is 1. The van der Waals surface area contributed by atoms with Crippen LogP contribution >= 0.6 is 0 Å². The van der Waals surface area contributed by atoms with Crippen LogP contribution in [0, 0.1) is 12.7 Å². The van der Waals surface area contributed by atoms with Gasteiger partial charge in [-0.15, -0.1) is 0 Å². The monoisotopic (exact) mass is 244 g/mol. The van der Waals surface area contributed by atoms with Gasteiger partial charge in [0.25, 0.3) is 0 Å². The van der Waals surface area contributed by atoms with Gasteiger partial charge in [-0.3, -0.25) is 4.79 Å². The van der Waals surface area contributed by atoms with Crippen molar-refractivity contribution >= 4 is 11.6 Å². The lowest BCUT2D eigenvalue weighted by atomic mass is 10.00. The van der Waals surface area contributed by atoms with Crippen LogP contribution in [0.5, 0.6) is 0 Å². The van der Waals surface area contributed by atoms with Crippen LogP contribution in [0.3, 0.4) is 0 Å². The lowest BCUT2D eigenvalue weighted by Crippen LogP contribution is -2.10. The third-order valence-corrected chi connectivity index (χ3v) is 2.75. The lowest BCUT2D eigenvalue weighted by molar-refractivity contribution is 0.0993. The molecule has 0 fully saturated rings. The molecule has 2 N–H and O–H groups in total. The third-order valence-electron chi connectivity index (χ3n) is 2.75. The van der Waals surface area contributed by atoms with Crippen molar-refractivity contribution in [2.24, 2.45) is 0 Å². The molecule has 0 unspecified atom stereocenters. The molecule has 0 aliphatic heterocycles. The summed E-state index contributed by atoms with van der Waals surface area (Å²) in [6.07, 6.45) is 1.76. The van der Waals surface area contributed by atoms with E-state index >= 15 is 0 Å². The predicted octanol–water partition coefficient (Wildman–Crippen LogP) is 2.54. The number of hydrogen-bond donors (Lipinski definition) is 1. The van der Waals surface area contributed by atoms with Gasteiger partial charge in [0.05, 0.1) is 5.56 Å². The SMILES string of the molecule is Cc1ccnc(N)c1C(=O)Cc1ccc(F)cc1. The van der Waals surface area contributed by atoms with Crippen LogP contribution in [0.1, 0.15) is 21.5 Å². The Labute approximate surface area is 104 Å². The number of nitrogens with zero attached hydrogens (tertiary/aromatic N) is 1. The first-order valence-electron chi connectivity index (χ1n) is 5.56. The minimum absolute atomic E-state index is 0.107. The number of aromatic nitrogens is 1. The van der Waals surface area contributed by atoms with Crippen LogP contribution in [0.4, 0.5) is 10.2 Å². The van der Waals surface area contributed by atoms with Gasteiger partial charge in [-0.1, -0.05) is 12.1 Å². The van der Waals surface area contributed by atoms with E-state index in [0.717, 1.165) is 11.1 Å². The Morgan fingerprint density at radius 2 is 1.94 bits per heavy atom. The van der Waals surface area contributed by atoms with Gasteiger partial charge in [-0.05, 0) is 36.2 Å². The second-order valence-corrected chi connectivity index (χ2v) is 4.11. The number of rotatable bonds is 3. The average molecular weight is 244 g/mol. The van der Waals surface area contributed by atoms with E-state index < -0.39 is 0 Å². The summed E-state index contributed by atoms with van der Waals surface area (Å²) >= 11 is 0. The van der Waals surface area contributed by atoms with Crippen LogP contribution in [0.2, 0.25) is 0 Å². The number of halogens is 1. The van der Waals surface area contributed by atoms with Crippen LogP contribution in [0.25, 0.3) is 0 Å². The Hall–Kier alpha value is -2.23. The molecule has 0 aliphatic carbocycles. The molecule has 4 heteroatoms. The predicted molar refractivity (Wildman–Crippen MR) is 67.8 cm³/mol. The fourth-order valence-corrected chi connectivity index (χ4v) is 1.82. The summed E-state index contributed by atoms with van der Waals surface area (Å²) < 4.78 is 12.8. The highest BCUT2D eigenvalue weighted by molar-refractivity contribution is 6.02. The molecule has 2 rings (SSSR count). The molecule has 1 aromatic heterocycles. The number of carbonyl (C=O) groups excluding carboxylic acids is 1. The van der Waals surface area contributed by atoms with Crippen molar-refractivity contribution in [3.63, 3.8) is 0 Å². The number of Topliss-reactive ketones (excluding diaryl/α,β-unsaturated/α-hetero) is 1. The molecule has 2 aromatic rings. The van der Waals surface area contributed by atoms with E-state index in [2.05, 4.69) is 4.98 Å². The zero-order valence-corrected chi connectivity index (χ0v) is 9.98. The summed E-state index contributed by atoms with van der Waals surface area (Å²) in [7, 11) is 0. The summed E-state index contributed by atoms with van der Waals surface area (Å²) in [5.74, 6) is -0.185. The van der Waals surface area contributed by atoms with Gasteiger partial charge in [0.15, 0.2) is 5.78 Å². The first-order valence-corrected chi connectivity index (χ1v) is 5.56. The maximum atomic E-state index is 12.8. The molecule has 0 atom stereocenters. The minimum Gasteiger partial charge on any atom is -0.383 e. The molecular weight excluding hydrogens is 231 g/mol. The Morgan fingerprint density at radius 1 is 1.28 bits per heavy atom. The van der Waals surface area contributed by atoms with Gasteiger partial charge in [0, 0.05) is 12.6 Å². The summed E-state index contributed by atoms with van der Waals surface area (Å²) in [5.41, 5.74) is 7.71. The molecule has 3 nitrogen and oxygen atoms in total. The van der Waals surface area contributed by atoms with Crippen molar-refractivity contribution in [1.82, 2.24) is 4.98 Å². The molecule has 0 bridgehead atoms. The Balaban J connectivity index is 2.25. The van der Waals surface area contributed by atoms with Crippen LogP contribution < -0.4 is 5.73 Å². The Bertz CT molecular complexity index is 559. The normalized spacial score (nSPS) is 10.3. The summed E-state index contributed by atoms with van der Waals surface area (Å²) in [6, 6.07) is 7.60. The molecule has 0 radical (unpaired) electrons. The average Bonchev–Trinajstić information content (AvgIpc) is 2.32. The molecular formula is C14H13FN2O. The molecule has 0 aliphatic rings. The molecule has 0 saturated heterocycles. The van der Waals surface area contributed by atoms with Crippen molar-refractivity contribution < 1.29 is 9.18 Å². The van der Waals surface area contributed by atoms with E-state index in [4.69, 9.17) is 5.73 Å². The second kappa shape index (κ2) is 4.96. The van der Waals surface area contributed by atoms with Crippen LogP contribution in [0.15, 0.2) is 36.5 Å². The second-order valence-electron chi connectivity index (χ2n) is 4.11. The van der Waals surface area contributed by atoms with Gasteiger partial charge in [-0.2, -0.15) is 0 Å². The highest BCUT2D eigenvalue weighted by atomic mass is 19.1. The van der Waals surface area contributed by atoms with Gasteiger partial charge in [0.2, 0.25) is 0 Å². The largest absolute Gasteiger partial charge is 0.383 e. The molecule has 0 saturated carbocycles. The third kappa shape index (κ3) is 2.53. The number of carbonyl (C=O) groups is 1. The van der Waals surface area contributed by atoms with E-state index in [-0.39, 0.29) is 23.8 Å². The van der Waals surface area contributed by atoms with E-state index in [1.807, 2.05) is 6.92 Å². The maximum absolute atomic E-state index is 12.8. The van der Waals surface area contributed by atoms with Crippen molar-refractivity contribution in [1.29, 1.82) is 0 Å². The molecule has 0 spiro atoms. The zero-order chi connectivity index (χ0) is 13.1. The van der Waals surface area contributed by atoms with Crippen molar-refractivity contribution in [3.05, 3.63) is 59.0 Å². The Kier molecular flexibility index (Phi) is 3.37. The number of benzene rings is 1. The standard InChI is InChI=1S/C14H13FN2O/c1-9-6-7-17-14(16)13(9)12(18)8-10-2-4-11(15)5-3-10/h2-7H,8H2,1H3,(H2,16,17). The van der Waals surface area contributed by atoms with Gasteiger partial charge in [0.1, 0.15) is 11.6 Å². The van der Waals surface area contributed by atoms with Gasteiger partial charge in [-0.25, -0.2) is 9.37 Å². The fourth-order valence-electron chi connectivity index (χ4n) is 1.82. The smallest absolute Gasteiger partial charge is 0.171 e. The highest BCUT2D eigenvalue weighted by Gasteiger charge is 2.14. The first-order chi connectivity index (χ1) is 8.58. The number of nitrogens with two attached hydrogens (primary N) is 1. The fraction of sp³-hybridized carbons (Fsp3) is 0.143. The summed E-state index contributed by atoms with van der Waals surface area (Å²) in [4.78, 5) is 16.0. The molecule has 1 heterocycles. The number of pyridine rings is 1. The van der Waals surface area contributed by atoms with E-state index in [1.165, 1.54) is 12.1 Å². The molecule has 18 heavy (non-hydrogen) atoms. The molecule has 92 valence electrons. The van der Waals surface area contributed by atoms with Gasteiger partial charge < -0.3 is 5.73 Å². The lowest BCUT2D eigenvalue weighted by Gasteiger charge is -2.07.